The Balaban J connectivity index is 5.29. The fourth-order valence-corrected chi connectivity index (χ4v) is 21.6. The molecule has 1 atom stereocenters. The summed E-state index contributed by atoms with van der Waals surface area (Å²) in [5.41, 5.74) is 0. The summed E-state index contributed by atoms with van der Waals surface area (Å²) in [6.45, 7) is 11.3. The number of aliphatic hydroxyl groups excluding tert-OH is 1. The zero-order valence-corrected chi connectivity index (χ0v) is 20.4. The molecule has 144 valence electrons. The quantitative estimate of drug-likeness (QED) is 0.191. The number of unbranched alkanes of at least 4 members (excludes halogenated alkanes) is 7. The molecule has 0 spiro atoms. The van der Waals surface area contributed by atoms with E-state index in [9.17, 15) is 5.11 Å². The first-order chi connectivity index (χ1) is 11.6. The van der Waals surface area contributed by atoms with Crippen LogP contribution in [0.5, 0.6) is 0 Å². The molecule has 0 fully saturated rings. The maximum atomic E-state index is 10.6. The van der Waals surface area contributed by atoms with Gasteiger partial charge >= 0.3 is 158 Å². The number of hydrogen-bond acceptors (Lipinski definition) is 1. The normalized spacial score (nSPS) is 14.2. The van der Waals surface area contributed by atoms with E-state index in [-0.39, 0.29) is 6.10 Å². The average Bonchev–Trinajstić information content (AvgIpc) is 2.58. The van der Waals surface area contributed by atoms with Crippen LogP contribution < -0.4 is 0 Å². The van der Waals surface area contributed by atoms with E-state index in [0.29, 0.717) is 0 Å². The Morgan fingerprint density at radius 1 is 0.750 bits per heavy atom. The van der Waals surface area contributed by atoms with Gasteiger partial charge in [-0.25, -0.2) is 0 Å². The molecule has 0 aliphatic heterocycles. The van der Waals surface area contributed by atoms with E-state index in [1.807, 2.05) is 6.92 Å². The molecule has 0 aromatic carbocycles. The summed E-state index contributed by atoms with van der Waals surface area (Å²) in [6, 6.07) is 0. The molecule has 0 amide bonds. The minimum absolute atomic E-state index is 0.197. The molecule has 0 radical (unpaired) electrons. The Morgan fingerprint density at radius 3 is 1.58 bits per heavy atom. The molecule has 24 heavy (non-hydrogen) atoms. The summed E-state index contributed by atoms with van der Waals surface area (Å²) in [4.78, 5) is 0. The predicted octanol–water partition coefficient (Wildman–Crippen LogP) is 7.65. The van der Waals surface area contributed by atoms with E-state index < -0.39 is 18.4 Å². The van der Waals surface area contributed by atoms with Crippen molar-refractivity contribution in [3.8, 4) is 0 Å². The topological polar surface area (TPSA) is 20.2 Å². The Morgan fingerprint density at radius 2 is 1.21 bits per heavy atom. The predicted molar refractivity (Wildman–Crippen MR) is 113 cm³/mol. The van der Waals surface area contributed by atoms with Crippen LogP contribution in [0, 0.1) is 0 Å². The van der Waals surface area contributed by atoms with Crippen LogP contribution in [0.3, 0.4) is 0 Å². The van der Waals surface area contributed by atoms with Gasteiger partial charge in [0.1, 0.15) is 0 Å². The number of rotatable bonds is 16. The SMILES string of the molecule is CCCCCC/C=[C](/[C@@H](C)O)[Sn]([CH2]CCC)([CH2]CCC)[CH2]CCC. The first-order valence-corrected chi connectivity index (χ1v) is 18.4. The molecule has 0 aromatic heterocycles. The summed E-state index contributed by atoms with van der Waals surface area (Å²) in [5, 5.41) is 10.6. The van der Waals surface area contributed by atoms with E-state index in [2.05, 4.69) is 33.8 Å². The molecular weight excluding hydrogens is 399 g/mol. The molecule has 1 N–H and O–H groups in total. The van der Waals surface area contributed by atoms with E-state index >= 15 is 0 Å². The molecule has 0 bridgehead atoms. The van der Waals surface area contributed by atoms with Gasteiger partial charge in [-0.05, 0) is 0 Å². The van der Waals surface area contributed by atoms with Crippen LogP contribution >= 0.6 is 0 Å². The van der Waals surface area contributed by atoms with Crippen molar-refractivity contribution in [3.63, 3.8) is 0 Å². The molecule has 0 aliphatic rings. The third kappa shape index (κ3) is 9.85. The van der Waals surface area contributed by atoms with Crippen molar-refractivity contribution in [2.45, 2.75) is 125 Å². The third-order valence-corrected chi connectivity index (χ3v) is 22.0. The van der Waals surface area contributed by atoms with Crippen molar-refractivity contribution in [1.82, 2.24) is 0 Å². The molecule has 1 nitrogen and oxygen atoms in total. The van der Waals surface area contributed by atoms with Gasteiger partial charge in [0, 0.05) is 0 Å². The Kier molecular flexibility index (Phi) is 16.1. The summed E-state index contributed by atoms with van der Waals surface area (Å²) >= 11 is -2.41. The van der Waals surface area contributed by atoms with Gasteiger partial charge in [-0.1, -0.05) is 0 Å². The van der Waals surface area contributed by atoms with Crippen LogP contribution in [-0.4, -0.2) is 29.6 Å². The summed E-state index contributed by atoms with van der Waals surface area (Å²) < 4.78 is 5.99. The Hall–Kier alpha value is 0.499. The van der Waals surface area contributed by atoms with Crippen LogP contribution in [-0.2, 0) is 0 Å². The van der Waals surface area contributed by atoms with Crippen LogP contribution in [0.25, 0.3) is 0 Å². The van der Waals surface area contributed by atoms with Gasteiger partial charge in [-0.3, -0.25) is 0 Å². The van der Waals surface area contributed by atoms with Crippen LogP contribution in [0.15, 0.2) is 9.67 Å². The second kappa shape index (κ2) is 15.7. The van der Waals surface area contributed by atoms with Crippen molar-refractivity contribution in [2.24, 2.45) is 0 Å². The van der Waals surface area contributed by atoms with Gasteiger partial charge in [0.05, 0.1) is 0 Å². The summed E-state index contributed by atoms with van der Waals surface area (Å²) in [5.74, 6) is 0. The summed E-state index contributed by atoms with van der Waals surface area (Å²) in [6.07, 6.45) is 16.9. The Labute approximate surface area is 157 Å². The van der Waals surface area contributed by atoms with Gasteiger partial charge in [0.25, 0.3) is 0 Å². The number of aliphatic hydroxyl groups is 1. The minimum atomic E-state index is -2.41. The van der Waals surface area contributed by atoms with Gasteiger partial charge < -0.3 is 0 Å². The molecule has 0 rings (SSSR count). The van der Waals surface area contributed by atoms with Crippen molar-refractivity contribution in [2.75, 3.05) is 0 Å². The standard InChI is InChI=1S/C10H19O.3C4H9.Sn/c1-3-4-5-6-7-8-9-10(2)11;3*1-3-4-2;/h8,10-11H,3-7H2,1-2H3;3*1,3-4H2,2H3;/t10-;;;;/m1..../s1. The Bertz CT molecular complexity index is 287. The van der Waals surface area contributed by atoms with Crippen LogP contribution in [0.4, 0.5) is 0 Å². The fraction of sp³-hybridized carbons (Fsp3) is 0.909. The first-order valence-electron chi connectivity index (χ1n) is 11.0. The van der Waals surface area contributed by atoms with Gasteiger partial charge in [-0.2, -0.15) is 0 Å². The van der Waals surface area contributed by atoms with Gasteiger partial charge in [0.2, 0.25) is 0 Å². The zero-order chi connectivity index (χ0) is 18.3. The second-order valence-corrected chi connectivity index (χ2v) is 21.0. The van der Waals surface area contributed by atoms with Gasteiger partial charge in [0.15, 0.2) is 0 Å². The molecule has 0 unspecified atom stereocenters. The van der Waals surface area contributed by atoms with E-state index in [1.54, 1.807) is 3.59 Å². The van der Waals surface area contributed by atoms with Gasteiger partial charge in [-0.15, -0.1) is 0 Å². The third-order valence-electron chi connectivity index (χ3n) is 5.51. The molecule has 0 saturated carbocycles. The van der Waals surface area contributed by atoms with E-state index in [4.69, 9.17) is 0 Å². The average molecular weight is 445 g/mol. The molecule has 0 aromatic rings. The number of allylic oxidation sites excluding steroid dienone is 1. The molecule has 0 saturated heterocycles. The molecule has 2 heteroatoms. The fourth-order valence-electron chi connectivity index (χ4n) is 4.01. The van der Waals surface area contributed by atoms with Crippen molar-refractivity contribution in [3.05, 3.63) is 9.67 Å². The van der Waals surface area contributed by atoms with Crippen molar-refractivity contribution < 1.29 is 5.11 Å². The molecule has 0 aliphatic carbocycles. The van der Waals surface area contributed by atoms with E-state index in [1.165, 1.54) is 83.9 Å². The zero-order valence-electron chi connectivity index (χ0n) is 17.5. The second-order valence-electron chi connectivity index (χ2n) is 7.78. The van der Waals surface area contributed by atoms with E-state index in [0.717, 1.165) is 0 Å². The maximum absolute atomic E-state index is 10.6. The van der Waals surface area contributed by atoms with Crippen LogP contribution in [0.2, 0.25) is 13.3 Å². The first kappa shape index (κ1) is 24.5. The molecule has 0 heterocycles. The van der Waals surface area contributed by atoms with Crippen LogP contribution in [0.1, 0.15) is 105 Å². The van der Waals surface area contributed by atoms with Crippen molar-refractivity contribution in [1.29, 1.82) is 0 Å². The van der Waals surface area contributed by atoms with Crippen molar-refractivity contribution >= 4 is 18.4 Å². The number of hydrogen-bond donors (Lipinski definition) is 1. The molecular formula is C22H46OSn. The monoisotopic (exact) mass is 446 g/mol. The summed E-state index contributed by atoms with van der Waals surface area (Å²) in [7, 11) is 0.